The smallest absolute Gasteiger partial charge is 0.237 e. The number of nitrogens with one attached hydrogen (secondary N) is 2. The van der Waals surface area contributed by atoms with Gasteiger partial charge in [0.05, 0.1) is 12.4 Å². The number of rotatable bonds is 6. The van der Waals surface area contributed by atoms with Gasteiger partial charge in [-0.2, -0.15) is 0 Å². The van der Waals surface area contributed by atoms with Gasteiger partial charge < -0.3 is 15.4 Å². The largest absolute Gasteiger partial charge is 0.497 e. The van der Waals surface area contributed by atoms with Gasteiger partial charge in [-0.25, -0.2) is 0 Å². The number of thioether (sulfide) groups is 1. The third kappa shape index (κ3) is 5.31. The van der Waals surface area contributed by atoms with E-state index in [1.807, 2.05) is 31.2 Å². The lowest BCUT2D eigenvalue weighted by molar-refractivity contribution is -0.115. The predicted molar refractivity (Wildman–Crippen MR) is 97.7 cm³/mol. The molecule has 0 aliphatic heterocycles. The number of carbonyl (C=O) groups is 2. The van der Waals surface area contributed by atoms with Crippen LogP contribution in [-0.2, 0) is 9.59 Å². The molecule has 0 saturated heterocycles. The van der Waals surface area contributed by atoms with Crippen molar-refractivity contribution in [2.75, 3.05) is 17.7 Å². The number of anilines is 2. The second-order valence-corrected chi connectivity index (χ2v) is 6.60. The van der Waals surface area contributed by atoms with Crippen LogP contribution in [0.1, 0.15) is 13.8 Å². The van der Waals surface area contributed by atoms with Gasteiger partial charge in [-0.1, -0.05) is 0 Å². The molecule has 0 fully saturated rings. The quantitative estimate of drug-likeness (QED) is 0.783. The zero-order valence-corrected chi connectivity index (χ0v) is 14.6. The van der Waals surface area contributed by atoms with Crippen molar-refractivity contribution in [2.24, 2.45) is 0 Å². The maximum atomic E-state index is 12.3. The minimum absolute atomic E-state index is 0.0731. The van der Waals surface area contributed by atoms with Crippen LogP contribution in [0.3, 0.4) is 0 Å². The van der Waals surface area contributed by atoms with E-state index in [1.54, 1.807) is 31.4 Å². The summed E-state index contributed by atoms with van der Waals surface area (Å²) in [4.78, 5) is 24.2. The highest BCUT2D eigenvalue weighted by atomic mass is 32.2. The van der Waals surface area contributed by atoms with E-state index in [-0.39, 0.29) is 17.1 Å². The first kappa shape index (κ1) is 17.9. The highest BCUT2D eigenvalue weighted by Gasteiger charge is 2.14. The fraction of sp³-hybridized carbons (Fsp3) is 0.222. The van der Waals surface area contributed by atoms with Crippen molar-refractivity contribution < 1.29 is 14.3 Å². The van der Waals surface area contributed by atoms with Crippen LogP contribution in [0.15, 0.2) is 53.4 Å². The summed E-state index contributed by atoms with van der Waals surface area (Å²) >= 11 is 1.46. The van der Waals surface area contributed by atoms with E-state index in [1.165, 1.54) is 18.7 Å². The van der Waals surface area contributed by atoms with E-state index in [9.17, 15) is 9.59 Å². The molecule has 1 atom stereocenters. The van der Waals surface area contributed by atoms with E-state index in [0.717, 1.165) is 22.0 Å². The standard InChI is InChI=1S/C18H20N2O3S/c1-12(18(22)20-15-4-8-16(23-3)9-5-15)24-17-10-6-14(7-11-17)19-13(2)21/h4-12H,1-3H3,(H,19,21)(H,20,22)/t12-/m1/s1. The summed E-state index contributed by atoms with van der Waals surface area (Å²) in [6.45, 7) is 3.32. The third-order valence-electron chi connectivity index (χ3n) is 3.21. The normalized spacial score (nSPS) is 11.5. The van der Waals surface area contributed by atoms with E-state index in [4.69, 9.17) is 4.74 Å². The van der Waals surface area contributed by atoms with E-state index in [0.29, 0.717) is 0 Å². The molecule has 5 nitrogen and oxygen atoms in total. The van der Waals surface area contributed by atoms with Crippen molar-refractivity contribution in [2.45, 2.75) is 24.0 Å². The molecule has 0 heterocycles. The maximum Gasteiger partial charge on any atom is 0.237 e. The molecule has 2 N–H and O–H groups in total. The molecule has 0 radical (unpaired) electrons. The number of hydrogen-bond donors (Lipinski definition) is 2. The number of methoxy groups -OCH3 is 1. The molecule has 2 aromatic rings. The Bertz CT molecular complexity index is 699. The van der Waals surface area contributed by atoms with Gasteiger partial charge in [0.15, 0.2) is 0 Å². The first-order valence-electron chi connectivity index (χ1n) is 7.47. The lowest BCUT2D eigenvalue weighted by Gasteiger charge is -2.13. The number of benzene rings is 2. The Labute approximate surface area is 145 Å². The summed E-state index contributed by atoms with van der Waals surface area (Å²) in [6.07, 6.45) is 0. The molecule has 0 saturated carbocycles. The molecular formula is C18H20N2O3S. The van der Waals surface area contributed by atoms with Crippen molar-refractivity contribution in [1.29, 1.82) is 0 Å². The highest BCUT2D eigenvalue weighted by Crippen LogP contribution is 2.26. The molecule has 0 aliphatic carbocycles. The van der Waals surface area contributed by atoms with E-state index < -0.39 is 0 Å². The summed E-state index contributed by atoms with van der Waals surface area (Å²) in [5, 5.41) is 5.34. The average molecular weight is 344 g/mol. The Morgan fingerprint density at radius 1 is 0.958 bits per heavy atom. The Kier molecular flexibility index (Phi) is 6.26. The van der Waals surface area contributed by atoms with Gasteiger partial charge in [0, 0.05) is 23.2 Å². The summed E-state index contributed by atoms with van der Waals surface area (Å²) in [6, 6.07) is 14.6. The van der Waals surface area contributed by atoms with Crippen LogP contribution in [-0.4, -0.2) is 24.2 Å². The zero-order valence-electron chi connectivity index (χ0n) is 13.8. The van der Waals surface area contributed by atoms with Crippen molar-refractivity contribution in [3.8, 4) is 5.75 Å². The second kappa shape index (κ2) is 8.40. The summed E-state index contributed by atoms with van der Waals surface area (Å²) in [7, 11) is 1.60. The monoisotopic (exact) mass is 344 g/mol. The van der Waals surface area contributed by atoms with Crippen LogP contribution in [0.25, 0.3) is 0 Å². The molecule has 2 amide bonds. The lowest BCUT2D eigenvalue weighted by Crippen LogP contribution is -2.22. The van der Waals surface area contributed by atoms with Crippen LogP contribution in [0, 0.1) is 0 Å². The Morgan fingerprint density at radius 3 is 2.04 bits per heavy atom. The topological polar surface area (TPSA) is 67.4 Å². The van der Waals surface area contributed by atoms with Gasteiger partial charge in [-0.05, 0) is 55.5 Å². The number of amides is 2. The fourth-order valence-corrected chi connectivity index (χ4v) is 2.86. The minimum atomic E-state index is -0.251. The summed E-state index contributed by atoms with van der Waals surface area (Å²) < 4.78 is 5.09. The van der Waals surface area contributed by atoms with Gasteiger partial charge in [0.25, 0.3) is 0 Å². The lowest BCUT2D eigenvalue weighted by atomic mass is 10.3. The molecule has 0 aromatic heterocycles. The summed E-state index contributed by atoms with van der Waals surface area (Å²) in [5.41, 5.74) is 1.47. The Morgan fingerprint density at radius 2 is 1.50 bits per heavy atom. The SMILES string of the molecule is COc1ccc(NC(=O)[C@@H](C)Sc2ccc(NC(C)=O)cc2)cc1. The number of ether oxygens (including phenoxy) is 1. The average Bonchev–Trinajstić information content (AvgIpc) is 2.56. The van der Waals surface area contributed by atoms with Gasteiger partial charge in [-0.15, -0.1) is 11.8 Å². The molecular weight excluding hydrogens is 324 g/mol. The van der Waals surface area contributed by atoms with Gasteiger partial charge in [0.1, 0.15) is 5.75 Å². The van der Waals surface area contributed by atoms with Crippen LogP contribution in [0.2, 0.25) is 0 Å². The molecule has 0 spiro atoms. The Hall–Kier alpha value is -2.47. The molecule has 126 valence electrons. The predicted octanol–water partition coefficient (Wildman–Crippen LogP) is 3.77. The fourth-order valence-electron chi connectivity index (χ4n) is 2.00. The van der Waals surface area contributed by atoms with E-state index >= 15 is 0 Å². The van der Waals surface area contributed by atoms with Gasteiger partial charge >= 0.3 is 0 Å². The third-order valence-corrected chi connectivity index (χ3v) is 4.33. The van der Waals surface area contributed by atoms with Crippen LogP contribution in [0.5, 0.6) is 5.75 Å². The van der Waals surface area contributed by atoms with E-state index in [2.05, 4.69) is 10.6 Å². The van der Waals surface area contributed by atoms with Crippen molar-refractivity contribution in [1.82, 2.24) is 0 Å². The molecule has 2 rings (SSSR count). The van der Waals surface area contributed by atoms with Crippen molar-refractivity contribution in [3.63, 3.8) is 0 Å². The minimum Gasteiger partial charge on any atom is -0.497 e. The summed E-state index contributed by atoms with van der Waals surface area (Å²) in [5.74, 6) is 0.563. The second-order valence-electron chi connectivity index (χ2n) is 5.18. The highest BCUT2D eigenvalue weighted by molar-refractivity contribution is 8.00. The first-order chi connectivity index (χ1) is 11.5. The maximum absolute atomic E-state index is 12.3. The van der Waals surface area contributed by atoms with Crippen LogP contribution in [0.4, 0.5) is 11.4 Å². The number of carbonyl (C=O) groups excluding carboxylic acids is 2. The molecule has 0 unspecified atom stereocenters. The van der Waals surface area contributed by atoms with Gasteiger partial charge in [0.2, 0.25) is 11.8 Å². The zero-order chi connectivity index (χ0) is 17.5. The van der Waals surface area contributed by atoms with Crippen molar-refractivity contribution >= 4 is 35.0 Å². The van der Waals surface area contributed by atoms with Crippen molar-refractivity contribution in [3.05, 3.63) is 48.5 Å². The van der Waals surface area contributed by atoms with Crippen LogP contribution >= 0.6 is 11.8 Å². The van der Waals surface area contributed by atoms with Crippen LogP contribution < -0.4 is 15.4 Å². The molecule has 2 aromatic carbocycles. The van der Waals surface area contributed by atoms with Gasteiger partial charge in [-0.3, -0.25) is 9.59 Å². The Balaban J connectivity index is 1.91. The number of hydrogen-bond acceptors (Lipinski definition) is 4. The molecule has 24 heavy (non-hydrogen) atoms. The molecule has 0 bridgehead atoms. The first-order valence-corrected chi connectivity index (χ1v) is 8.35. The molecule has 0 aliphatic rings. The molecule has 6 heteroatoms.